The lowest BCUT2D eigenvalue weighted by atomic mass is 9.94. The highest BCUT2D eigenvalue weighted by Crippen LogP contribution is 2.36. The first-order chi connectivity index (χ1) is 13.0. The van der Waals surface area contributed by atoms with Gasteiger partial charge in [-0.15, -0.1) is 0 Å². The van der Waals surface area contributed by atoms with Crippen molar-refractivity contribution in [1.82, 2.24) is 9.97 Å². The number of nitrogens with zero attached hydrogens (tertiary/aromatic N) is 2. The second-order valence-electron chi connectivity index (χ2n) is 6.72. The third-order valence-electron chi connectivity index (χ3n) is 4.67. The van der Waals surface area contributed by atoms with Gasteiger partial charge in [-0.05, 0) is 66.9 Å². The highest BCUT2D eigenvalue weighted by Gasteiger charge is 2.15. The van der Waals surface area contributed by atoms with E-state index in [-0.39, 0.29) is 5.82 Å². The van der Waals surface area contributed by atoms with Crippen LogP contribution in [0.3, 0.4) is 0 Å². The third-order valence-corrected chi connectivity index (χ3v) is 4.67. The number of aromatic nitrogens is 2. The Morgan fingerprint density at radius 3 is 2.30 bits per heavy atom. The molecule has 0 fully saturated rings. The van der Waals surface area contributed by atoms with Crippen LogP contribution in [0.15, 0.2) is 67.0 Å². The summed E-state index contributed by atoms with van der Waals surface area (Å²) in [6.45, 7) is 3.75. The number of hydrogen-bond donors (Lipinski definition) is 1. The molecule has 0 bridgehead atoms. The number of aliphatic hydroxyl groups excluding tert-OH is 1. The molecule has 27 heavy (non-hydrogen) atoms. The van der Waals surface area contributed by atoms with Gasteiger partial charge in [-0.1, -0.05) is 18.2 Å². The zero-order valence-electron chi connectivity index (χ0n) is 15.1. The maximum absolute atomic E-state index is 13.4. The predicted octanol–water partition coefficient (Wildman–Crippen LogP) is 5.46. The minimum atomic E-state index is -0.609. The van der Waals surface area contributed by atoms with Crippen LogP contribution in [0.5, 0.6) is 0 Å². The molecule has 2 heterocycles. The van der Waals surface area contributed by atoms with E-state index in [1.54, 1.807) is 31.5 Å². The van der Waals surface area contributed by atoms with Crippen molar-refractivity contribution in [2.75, 3.05) is 0 Å². The molecule has 3 nitrogen and oxygen atoms in total. The van der Waals surface area contributed by atoms with Gasteiger partial charge in [-0.25, -0.2) is 9.37 Å². The Bertz CT molecular complexity index is 1110. The maximum Gasteiger partial charge on any atom is 0.123 e. The number of rotatable bonds is 3. The third kappa shape index (κ3) is 3.32. The quantitative estimate of drug-likeness (QED) is 0.529. The molecule has 2 aromatic heterocycles. The molecule has 1 N–H and O–H groups in total. The summed E-state index contributed by atoms with van der Waals surface area (Å²) in [6.07, 6.45) is 2.85. The van der Waals surface area contributed by atoms with Crippen LogP contribution in [0.25, 0.3) is 33.3 Å². The van der Waals surface area contributed by atoms with E-state index in [4.69, 9.17) is 4.98 Å². The molecule has 134 valence electrons. The number of benzene rings is 2. The smallest absolute Gasteiger partial charge is 0.123 e. The number of fused-ring (bicyclic) bond motifs is 1. The number of aliphatic hydroxyl groups is 1. The molecule has 0 amide bonds. The molecule has 1 atom stereocenters. The second-order valence-corrected chi connectivity index (χ2v) is 6.72. The number of pyridine rings is 2. The van der Waals surface area contributed by atoms with E-state index >= 15 is 0 Å². The Kier molecular flexibility index (Phi) is 4.42. The van der Waals surface area contributed by atoms with Gasteiger partial charge in [0.2, 0.25) is 0 Å². The van der Waals surface area contributed by atoms with E-state index in [2.05, 4.69) is 4.98 Å². The van der Waals surface area contributed by atoms with E-state index in [9.17, 15) is 9.50 Å². The Balaban J connectivity index is 2.07. The van der Waals surface area contributed by atoms with Crippen LogP contribution >= 0.6 is 0 Å². The molecular weight excluding hydrogens is 339 g/mol. The van der Waals surface area contributed by atoms with Crippen LogP contribution in [0.1, 0.15) is 24.2 Å². The normalized spacial score (nSPS) is 12.3. The predicted molar refractivity (Wildman–Crippen MR) is 106 cm³/mol. The highest BCUT2D eigenvalue weighted by atomic mass is 19.1. The minimum Gasteiger partial charge on any atom is -0.389 e. The molecule has 4 aromatic rings. The van der Waals surface area contributed by atoms with Gasteiger partial charge in [0.25, 0.3) is 0 Å². The van der Waals surface area contributed by atoms with Crippen LogP contribution in [0.4, 0.5) is 4.39 Å². The van der Waals surface area contributed by atoms with Crippen molar-refractivity contribution < 1.29 is 9.50 Å². The first-order valence-electron chi connectivity index (χ1n) is 8.82. The maximum atomic E-state index is 13.4. The van der Waals surface area contributed by atoms with Crippen molar-refractivity contribution in [3.63, 3.8) is 0 Å². The number of halogens is 1. The lowest BCUT2D eigenvalue weighted by molar-refractivity contribution is 0.201. The summed E-state index contributed by atoms with van der Waals surface area (Å²) in [5.74, 6) is -0.279. The molecule has 1 unspecified atom stereocenters. The average molecular weight is 358 g/mol. The van der Waals surface area contributed by atoms with Crippen molar-refractivity contribution in [1.29, 1.82) is 0 Å². The molecule has 0 spiro atoms. The van der Waals surface area contributed by atoms with Gasteiger partial charge in [-0.2, -0.15) is 0 Å². The first kappa shape index (κ1) is 17.3. The summed E-state index contributed by atoms with van der Waals surface area (Å²) >= 11 is 0. The second kappa shape index (κ2) is 6.89. The van der Waals surface area contributed by atoms with Gasteiger partial charge < -0.3 is 5.11 Å². The van der Waals surface area contributed by atoms with Gasteiger partial charge in [0.1, 0.15) is 5.82 Å². The zero-order chi connectivity index (χ0) is 19.0. The number of hydrogen-bond acceptors (Lipinski definition) is 3. The van der Waals surface area contributed by atoms with Gasteiger partial charge in [0.15, 0.2) is 0 Å². The van der Waals surface area contributed by atoms with Crippen LogP contribution < -0.4 is 0 Å². The van der Waals surface area contributed by atoms with Crippen LogP contribution in [-0.4, -0.2) is 15.1 Å². The van der Waals surface area contributed by atoms with Crippen molar-refractivity contribution in [2.45, 2.75) is 20.0 Å². The van der Waals surface area contributed by atoms with Gasteiger partial charge in [0.05, 0.1) is 17.3 Å². The summed E-state index contributed by atoms with van der Waals surface area (Å²) in [5.41, 5.74) is 6.20. The topological polar surface area (TPSA) is 46.0 Å². The molecular formula is C23H19FN2O. The summed E-state index contributed by atoms with van der Waals surface area (Å²) in [6, 6.07) is 16.2. The zero-order valence-corrected chi connectivity index (χ0v) is 15.1. The summed E-state index contributed by atoms with van der Waals surface area (Å²) in [7, 11) is 0. The molecule has 4 rings (SSSR count). The minimum absolute atomic E-state index is 0.279. The summed E-state index contributed by atoms with van der Waals surface area (Å²) in [4.78, 5) is 9.00. The fourth-order valence-corrected chi connectivity index (χ4v) is 3.37. The largest absolute Gasteiger partial charge is 0.389 e. The van der Waals surface area contributed by atoms with Crippen LogP contribution in [-0.2, 0) is 0 Å². The van der Waals surface area contributed by atoms with E-state index in [0.717, 1.165) is 44.4 Å². The fourth-order valence-electron chi connectivity index (χ4n) is 3.37. The van der Waals surface area contributed by atoms with E-state index in [1.165, 1.54) is 12.1 Å². The molecule has 2 aromatic carbocycles. The molecule has 0 aliphatic carbocycles. The Morgan fingerprint density at radius 1 is 0.926 bits per heavy atom. The van der Waals surface area contributed by atoms with E-state index < -0.39 is 6.10 Å². The molecule has 0 aliphatic rings. The van der Waals surface area contributed by atoms with E-state index in [0.29, 0.717) is 0 Å². The van der Waals surface area contributed by atoms with Crippen molar-refractivity contribution in [3.05, 3.63) is 83.9 Å². The lowest BCUT2D eigenvalue weighted by Gasteiger charge is -2.16. The number of aryl methyl sites for hydroxylation is 1. The average Bonchev–Trinajstić information content (AvgIpc) is 2.67. The molecule has 0 radical (unpaired) electrons. The SMILES string of the molecule is Cc1cc(C(C)O)c2cc(-c3ccc(F)cc3)c(-c3ccncc3)nc2c1. The lowest BCUT2D eigenvalue weighted by Crippen LogP contribution is -1.98. The van der Waals surface area contributed by atoms with Crippen LogP contribution in [0, 0.1) is 12.7 Å². The monoisotopic (exact) mass is 358 g/mol. The molecule has 4 heteroatoms. The first-order valence-corrected chi connectivity index (χ1v) is 8.82. The molecule has 0 saturated carbocycles. The fraction of sp³-hybridized carbons (Fsp3) is 0.130. The van der Waals surface area contributed by atoms with Gasteiger partial charge in [-0.3, -0.25) is 4.98 Å². The van der Waals surface area contributed by atoms with Crippen molar-refractivity contribution in [2.24, 2.45) is 0 Å². The van der Waals surface area contributed by atoms with Crippen molar-refractivity contribution >= 4 is 10.9 Å². The van der Waals surface area contributed by atoms with Crippen LogP contribution in [0.2, 0.25) is 0 Å². The Labute approximate surface area is 157 Å². The van der Waals surface area contributed by atoms with E-state index in [1.807, 2.05) is 37.3 Å². The standard InChI is InChI=1S/C23H19FN2O/c1-14-11-19(15(2)27)21-13-20(16-3-5-18(24)6-4-16)23(26-22(21)12-14)17-7-9-25-10-8-17/h3-13,15,27H,1-2H3. The highest BCUT2D eigenvalue weighted by molar-refractivity contribution is 5.93. The van der Waals surface area contributed by atoms with Gasteiger partial charge in [0, 0.05) is 28.9 Å². The Morgan fingerprint density at radius 2 is 1.63 bits per heavy atom. The van der Waals surface area contributed by atoms with Gasteiger partial charge >= 0.3 is 0 Å². The summed E-state index contributed by atoms with van der Waals surface area (Å²) < 4.78 is 13.4. The summed E-state index contributed by atoms with van der Waals surface area (Å²) in [5, 5.41) is 11.1. The molecule has 0 saturated heterocycles. The Hall–Kier alpha value is -3.11. The van der Waals surface area contributed by atoms with Crippen molar-refractivity contribution in [3.8, 4) is 22.4 Å². The molecule has 0 aliphatic heterocycles.